The summed E-state index contributed by atoms with van der Waals surface area (Å²) in [4.78, 5) is 1.82. The minimum atomic E-state index is -0.251. The summed E-state index contributed by atoms with van der Waals surface area (Å²) in [5, 5.41) is 9.00. The van der Waals surface area contributed by atoms with Crippen LogP contribution in [0, 0.1) is 22.6 Å². The zero-order chi connectivity index (χ0) is 11.8. The van der Waals surface area contributed by atoms with E-state index >= 15 is 0 Å². The summed E-state index contributed by atoms with van der Waals surface area (Å²) < 4.78 is 14.4. The molecular formula is C12H12BrFN2. The maximum absolute atomic E-state index is 13.6. The topological polar surface area (TPSA) is 27.0 Å². The average molecular weight is 283 g/mol. The first-order valence-corrected chi connectivity index (χ1v) is 5.93. The number of benzene rings is 1. The van der Waals surface area contributed by atoms with Gasteiger partial charge in [-0.2, -0.15) is 5.26 Å². The molecule has 0 heterocycles. The van der Waals surface area contributed by atoms with E-state index < -0.39 is 0 Å². The molecule has 1 fully saturated rings. The Morgan fingerprint density at radius 1 is 1.56 bits per heavy atom. The lowest BCUT2D eigenvalue weighted by Gasteiger charge is -2.22. The summed E-state index contributed by atoms with van der Waals surface area (Å²) in [6.07, 6.45) is 1.84. The predicted octanol–water partition coefficient (Wildman–Crippen LogP) is 3.33. The smallest absolute Gasteiger partial charge is 0.146 e. The number of anilines is 1. The van der Waals surface area contributed by atoms with Crippen molar-refractivity contribution in [3.63, 3.8) is 0 Å². The van der Waals surface area contributed by atoms with E-state index in [0.717, 1.165) is 17.3 Å². The number of hydrogen-bond donors (Lipinski definition) is 0. The number of nitrogens with zero attached hydrogens (tertiary/aromatic N) is 2. The highest BCUT2D eigenvalue weighted by molar-refractivity contribution is 9.10. The Labute approximate surface area is 103 Å². The molecule has 0 bridgehead atoms. The molecule has 16 heavy (non-hydrogen) atoms. The molecule has 1 aliphatic rings. The number of halogens is 2. The van der Waals surface area contributed by atoms with Gasteiger partial charge in [0.1, 0.15) is 5.82 Å². The van der Waals surface area contributed by atoms with Gasteiger partial charge in [-0.05, 0) is 31.0 Å². The lowest BCUT2D eigenvalue weighted by Crippen LogP contribution is -2.26. The molecule has 0 N–H and O–H groups in total. The van der Waals surface area contributed by atoms with Crippen LogP contribution in [0.1, 0.15) is 12.8 Å². The normalized spacial score (nSPS) is 16.6. The molecular weight excluding hydrogens is 271 g/mol. The van der Waals surface area contributed by atoms with Crippen molar-refractivity contribution in [2.45, 2.75) is 12.8 Å². The van der Waals surface area contributed by atoms with Crippen LogP contribution in [0.4, 0.5) is 10.1 Å². The molecule has 2 nitrogen and oxygen atoms in total. The Bertz CT molecular complexity index is 449. The Morgan fingerprint density at radius 3 is 2.81 bits per heavy atom. The molecule has 0 aliphatic heterocycles. The SMILES string of the molecule is CN(CC1(C#N)CC1)c1cc(Br)ccc1F. The summed E-state index contributed by atoms with van der Waals surface area (Å²) in [7, 11) is 1.82. The zero-order valence-corrected chi connectivity index (χ0v) is 10.6. The molecule has 0 amide bonds. The van der Waals surface area contributed by atoms with Gasteiger partial charge >= 0.3 is 0 Å². The fourth-order valence-electron chi connectivity index (χ4n) is 1.77. The summed E-state index contributed by atoms with van der Waals surface area (Å²) in [6, 6.07) is 7.15. The van der Waals surface area contributed by atoms with Gasteiger partial charge in [-0.1, -0.05) is 15.9 Å². The van der Waals surface area contributed by atoms with Crippen LogP contribution in [-0.4, -0.2) is 13.6 Å². The minimum absolute atomic E-state index is 0.247. The van der Waals surface area contributed by atoms with E-state index in [-0.39, 0.29) is 11.2 Å². The van der Waals surface area contributed by atoms with Gasteiger partial charge in [-0.3, -0.25) is 0 Å². The first-order chi connectivity index (χ1) is 7.56. The van der Waals surface area contributed by atoms with Crippen molar-refractivity contribution in [2.75, 3.05) is 18.5 Å². The van der Waals surface area contributed by atoms with Crippen molar-refractivity contribution in [3.8, 4) is 6.07 Å². The van der Waals surface area contributed by atoms with Crippen LogP contribution in [0.2, 0.25) is 0 Å². The molecule has 84 valence electrons. The van der Waals surface area contributed by atoms with E-state index in [0.29, 0.717) is 12.2 Å². The fourth-order valence-corrected chi connectivity index (χ4v) is 2.12. The largest absolute Gasteiger partial charge is 0.371 e. The van der Waals surface area contributed by atoms with Gasteiger partial charge in [0.05, 0.1) is 17.2 Å². The van der Waals surface area contributed by atoms with Gasteiger partial charge in [0.2, 0.25) is 0 Å². The zero-order valence-electron chi connectivity index (χ0n) is 9.00. The second-order valence-corrected chi connectivity index (χ2v) is 5.26. The van der Waals surface area contributed by atoms with Crippen LogP contribution in [0.5, 0.6) is 0 Å². The molecule has 4 heteroatoms. The Balaban J connectivity index is 2.18. The Morgan fingerprint density at radius 2 is 2.25 bits per heavy atom. The van der Waals surface area contributed by atoms with E-state index in [1.807, 2.05) is 11.9 Å². The third-order valence-electron chi connectivity index (χ3n) is 2.95. The van der Waals surface area contributed by atoms with Crippen LogP contribution in [0.3, 0.4) is 0 Å². The molecule has 0 radical (unpaired) electrons. The van der Waals surface area contributed by atoms with Gasteiger partial charge in [-0.25, -0.2) is 4.39 Å². The molecule has 0 aromatic heterocycles. The van der Waals surface area contributed by atoms with Crippen LogP contribution in [-0.2, 0) is 0 Å². The van der Waals surface area contributed by atoms with Crippen LogP contribution < -0.4 is 4.90 Å². The fraction of sp³-hybridized carbons (Fsp3) is 0.417. The predicted molar refractivity (Wildman–Crippen MR) is 64.7 cm³/mol. The van der Waals surface area contributed by atoms with E-state index in [1.165, 1.54) is 6.07 Å². The third kappa shape index (κ3) is 2.19. The van der Waals surface area contributed by atoms with E-state index in [4.69, 9.17) is 5.26 Å². The maximum Gasteiger partial charge on any atom is 0.146 e. The van der Waals surface area contributed by atoms with Crippen LogP contribution in [0.15, 0.2) is 22.7 Å². The monoisotopic (exact) mass is 282 g/mol. The molecule has 0 saturated heterocycles. The van der Waals surface area contributed by atoms with E-state index in [2.05, 4.69) is 22.0 Å². The third-order valence-corrected chi connectivity index (χ3v) is 3.44. The highest BCUT2D eigenvalue weighted by atomic mass is 79.9. The molecule has 1 aromatic carbocycles. The molecule has 2 rings (SSSR count). The second kappa shape index (κ2) is 4.06. The first-order valence-electron chi connectivity index (χ1n) is 5.14. The van der Waals surface area contributed by atoms with Crippen molar-refractivity contribution >= 4 is 21.6 Å². The lowest BCUT2D eigenvalue weighted by molar-refractivity contribution is 0.603. The summed E-state index contributed by atoms with van der Waals surface area (Å²) in [5.41, 5.74) is 0.291. The van der Waals surface area contributed by atoms with Gasteiger partial charge in [0, 0.05) is 18.1 Å². The Kier molecular flexibility index (Phi) is 2.90. The molecule has 1 aliphatic carbocycles. The van der Waals surface area contributed by atoms with E-state index in [1.54, 1.807) is 12.1 Å². The summed E-state index contributed by atoms with van der Waals surface area (Å²) in [5.74, 6) is -0.251. The van der Waals surface area contributed by atoms with Crippen molar-refractivity contribution < 1.29 is 4.39 Å². The summed E-state index contributed by atoms with van der Waals surface area (Å²) in [6.45, 7) is 0.594. The van der Waals surface area contributed by atoms with E-state index in [9.17, 15) is 4.39 Å². The highest BCUT2D eigenvalue weighted by Crippen LogP contribution is 2.46. The van der Waals surface area contributed by atoms with Crippen molar-refractivity contribution in [1.29, 1.82) is 5.26 Å². The Hall–Kier alpha value is -1.08. The number of rotatable bonds is 3. The first kappa shape index (κ1) is 11.4. The average Bonchev–Trinajstić information content (AvgIpc) is 3.02. The summed E-state index contributed by atoms with van der Waals surface area (Å²) >= 11 is 3.32. The van der Waals surface area contributed by atoms with Gasteiger partial charge in [0.25, 0.3) is 0 Å². The maximum atomic E-state index is 13.6. The molecule has 1 saturated carbocycles. The second-order valence-electron chi connectivity index (χ2n) is 4.34. The van der Waals surface area contributed by atoms with Crippen LogP contribution >= 0.6 is 15.9 Å². The number of nitriles is 1. The molecule has 1 aromatic rings. The minimum Gasteiger partial charge on any atom is -0.371 e. The molecule has 0 atom stereocenters. The van der Waals surface area contributed by atoms with Gasteiger partial charge in [0.15, 0.2) is 0 Å². The van der Waals surface area contributed by atoms with Crippen molar-refractivity contribution in [1.82, 2.24) is 0 Å². The quantitative estimate of drug-likeness (QED) is 0.850. The highest BCUT2D eigenvalue weighted by Gasteiger charge is 2.44. The van der Waals surface area contributed by atoms with Gasteiger partial charge in [-0.15, -0.1) is 0 Å². The lowest BCUT2D eigenvalue weighted by atomic mass is 10.1. The van der Waals surface area contributed by atoms with Gasteiger partial charge < -0.3 is 4.90 Å². The van der Waals surface area contributed by atoms with Crippen LogP contribution in [0.25, 0.3) is 0 Å². The standard InChI is InChI=1S/C12H12BrFN2/c1-16(8-12(7-15)4-5-12)11-6-9(13)2-3-10(11)14/h2-3,6H,4-5,8H2,1H3. The number of hydrogen-bond acceptors (Lipinski definition) is 2. The molecule has 0 unspecified atom stereocenters. The van der Waals surface area contributed by atoms with Crippen molar-refractivity contribution in [2.24, 2.45) is 5.41 Å². The van der Waals surface area contributed by atoms with Crippen molar-refractivity contribution in [3.05, 3.63) is 28.5 Å². The molecule has 0 spiro atoms.